The molecule has 2 fully saturated rings. The lowest BCUT2D eigenvalue weighted by molar-refractivity contribution is 0.100. The normalized spacial score (nSPS) is 17.5. The minimum absolute atomic E-state index is 0.272. The van der Waals surface area contributed by atoms with Crippen molar-refractivity contribution in [1.82, 2.24) is 24.3 Å². The second-order valence-corrected chi connectivity index (χ2v) is 10.4. The van der Waals surface area contributed by atoms with Crippen LogP contribution in [-0.4, -0.2) is 82.6 Å². The molecule has 2 saturated heterocycles. The minimum Gasteiger partial charge on any atom is -0.367 e. The molecule has 3 N–H and O–H groups in total. The van der Waals surface area contributed by atoms with E-state index in [1.165, 1.54) is 18.9 Å². The van der Waals surface area contributed by atoms with Crippen LogP contribution in [-0.2, 0) is 0 Å². The molecule has 2 aromatic heterocycles. The molecule has 0 aliphatic carbocycles. The van der Waals surface area contributed by atoms with Gasteiger partial charge in [-0.05, 0) is 63.3 Å². The van der Waals surface area contributed by atoms with Crippen molar-refractivity contribution in [1.29, 1.82) is 0 Å². The van der Waals surface area contributed by atoms with Crippen molar-refractivity contribution in [2.75, 3.05) is 56.5 Å². The second-order valence-electron chi connectivity index (χ2n) is 10.4. The zero-order valence-corrected chi connectivity index (χ0v) is 22.1. The maximum Gasteiger partial charge on any atom is 0.250 e. The number of anilines is 3. The van der Waals surface area contributed by atoms with E-state index in [4.69, 9.17) is 5.73 Å². The third kappa shape index (κ3) is 5.17. The Kier molecular flexibility index (Phi) is 6.88. The van der Waals surface area contributed by atoms with Crippen LogP contribution in [0.15, 0.2) is 60.9 Å². The molecule has 6 rings (SSSR count). The number of nitrogens with two attached hydrogens (primary N) is 1. The Morgan fingerprint density at radius 2 is 1.79 bits per heavy atom. The fourth-order valence-electron chi connectivity index (χ4n) is 5.77. The third-order valence-corrected chi connectivity index (χ3v) is 7.93. The first-order valence-electron chi connectivity index (χ1n) is 13.4. The van der Waals surface area contributed by atoms with Gasteiger partial charge in [-0.2, -0.15) is 4.98 Å². The molecule has 0 unspecified atom stereocenters. The van der Waals surface area contributed by atoms with Gasteiger partial charge in [0.05, 0.1) is 16.8 Å². The largest absolute Gasteiger partial charge is 0.367 e. The minimum atomic E-state index is -0.504. The lowest BCUT2D eigenvalue weighted by atomic mass is 10.0. The van der Waals surface area contributed by atoms with Crippen LogP contribution in [0.2, 0.25) is 0 Å². The number of benzene rings is 2. The summed E-state index contributed by atoms with van der Waals surface area (Å²) in [6.45, 7) is 5.85. The van der Waals surface area contributed by atoms with Crippen LogP contribution in [0.5, 0.6) is 0 Å². The number of carbonyl (C=O) groups excluding carboxylic acids is 1. The highest BCUT2D eigenvalue weighted by Gasteiger charge is 2.27. The fourth-order valence-corrected chi connectivity index (χ4v) is 5.77. The van der Waals surface area contributed by atoms with E-state index in [0.29, 0.717) is 34.7 Å². The smallest absolute Gasteiger partial charge is 0.250 e. The molecule has 2 aromatic carbocycles. The maximum absolute atomic E-state index is 15.2. The predicted molar refractivity (Wildman–Crippen MR) is 151 cm³/mol. The number of fused-ring (bicyclic) bond motifs is 1. The molecule has 4 aromatic rings. The number of halogens is 1. The number of piperazine rings is 1. The van der Waals surface area contributed by atoms with Gasteiger partial charge in [-0.1, -0.05) is 18.2 Å². The average molecular weight is 529 g/mol. The van der Waals surface area contributed by atoms with E-state index in [2.05, 4.69) is 37.0 Å². The fraction of sp³-hybridized carbons (Fsp3) is 0.345. The van der Waals surface area contributed by atoms with Crippen molar-refractivity contribution in [3.05, 3.63) is 72.3 Å². The number of hydrogen-bond donors (Lipinski definition) is 2. The van der Waals surface area contributed by atoms with Crippen molar-refractivity contribution in [3.63, 3.8) is 0 Å². The molecular formula is C29H33FN8O. The van der Waals surface area contributed by atoms with Crippen LogP contribution in [0.4, 0.5) is 21.7 Å². The number of amides is 1. The number of piperidine rings is 1. The van der Waals surface area contributed by atoms with E-state index in [1.807, 2.05) is 36.4 Å². The highest BCUT2D eigenvalue weighted by atomic mass is 19.1. The van der Waals surface area contributed by atoms with Crippen LogP contribution in [0.1, 0.15) is 23.2 Å². The van der Waals surface area contributed by atoms with Gasteiger partial charge < -0.3 is 25.4 Å². The molecule has 0 spiro atoms. The van der Waals surface area contributed by atoms with Crippen LogP contribution < -0.4 is 16.0 Å². The number of primary amides is 1. The first-order chi connectivity index (χ1) is 19.0. The molecule has 0 bridgehead atoms. The van der Waals surface area contributed by atoms with Crippen molar-refractivity contribution >= 4 is 34.1 Å². The number of carbonyl (C=O) groups is 1. The number of rotatable bonds is 6. The summed E-state index contributed by atoms with van der Waals surface area (Å²) in [6.07, 6.45) is 5.72. The number of para-hydroxylation sites is 1. The molecule has 39 heavy (non-hydrogen) atoms. The van der Waals surface area contributed by atoms with Crippen LogP contribution in [0, 0.1) is 5.82 Å². The van der Waals surface area contributed by atoms with Crippen molar-refractivity contribution in [2.45, 2.75) is 18.9 Å². The van der Waals surface area contributed by atoms with Gasteiger partial charge in [0.25, 0.3) is 5.91 Å². The molecule has 2 aliphatic heterocycles. The lowest BCUT2D eigenvalue weighted by Crippen LogP contribution is -2.53. The lowest BCUT2D eigenvalue weighted by Gasteiger charge is -2.42. The van der Waals surface area contributed by atoms with Crippen molar-refractivity contribution in [3.8, 4) is 5.82 Å². The van der Waals surface area contributed by atoms with Gasteiger partial charge in [-0.25, -0.2) is 9.37 Å². The Balaban J connectivity index is 1.15. The molecule has 4 heterocycles. The van der Waals surface area contributed by atoms with E-state index in [-0.39, 0.29) is 5.82 Å². The van der Waals surface area contributed by atoms with Crippen molar-refractivity contribution in [2.24, 2.45) is 5.73 Å². The highest BCUT2D eigenvalue weighted by molar-refractivity contribution is 6.06. The van der Waals surface area contributed by atoms with Crippen molar-refractivity contribution < 1.29 is 9.18 Å². The molecule has 1 amide bonds. The Morgan fingerprint density at radius 1 is 1.03 bits per heavy atom. The van der Waals surface area contributed by atoms with Crippen LogP contribution in [0.3, 0.4) is 0 Å². The quantitative estimate of drug-likeness (QED) is 0.395. The molecule has 0 atom stereocenters. The monoisotopic (exact) mass is 528 g/mol. The molecule has 10 heteroatoms. The average Bonchev–Trinajstić information content (AvgIpc) is 3.34. The Morgan fingerprint density at radius 3 is 2.54 bits per heavy atom. The first kappa shape index (κ1) is 25.3. The van der Waals surface area contributed by atoms with Gasteiger partial charge in [0, 0.05) is 55.7 Å². The Hall–Kier alpha value is -4.02. The van der Waals surface area contributed by atoms with E-state index in [0.717, 1.165) is 50.2 Å². The highest BCUT2D eigenvalue weighted by Crippen LogP contribution is 2.28. The molecule has 0 radical (unpaired) electrons. The Bertz CT molecular complexity index is 1490. The number of likely N-dealkylation sites (tertiary alicyclic amines) is 1. The third-order valence-electron chi connectivity index (χ3n) is 7.93. The van der Waals surface area contributed by atoms with Gasteiger partial charge >= 0.3 is 0 Å². The molecule has 2 aliphatic rings. The Labute approximate surface area is 227 Å². The summed E-state index contributed by atoms with van der Waals surface area (Å²) < 4.78 is 17.0. The van der Waals surface area contributed by atoms with Gasteiger partial charge in [-0.15, -0.1) is 0 Å². The van der Waals surface area contributed by atoms with E-state index < -0.39 is 5.91 Å². The zero-order valence-electron chi connectivity index (χ0n) is 22.1. The topological polar surface area (TPSA) is 95.5 Å². The molecule has 202 valence electrons. The van der Waals surface area contributed by atoms with E-state index in [1.54, 1.807) is 23.0 Å². The summed E-state index contributed by atoms with van der Waals surface area (Å²) in [6, 6.07) is 15.1. The van der Waals surface area contributed by atoms with E-state index in [9.17, 15) is 4.79 Å². The molecule has 9 nitrogen and oxygen atoms in total. The molecule has 0 saturated carbocycles. The van der Waals surface area contributed by atoms with Gasteiger partial charge in [0.15, 0.2) is 0 Å². The van der Waals surface area contributed by atoms with Gasteiger partial charge in [0.1, 0.15) is 11.6 Å². The summed E-state index contributed by atoms with van der Waals surface area (Å²) in [7, 11) is 2.18. The standard InChI is InChI=1S/C29H33FN8O/c1-35-12-9-21(10-13-35)36-14-16-37(17-15-36)26-7-6-20(18-24(26)30)33-29-32-11-8-27(34-29)38-19-23(28(31)39)22-4-2-3-5-25(22)38/h2-8,11,18-19,21H,9-10,12-17H2,1H3,(H2,31,39)(H,32,33,34). The summed E-state index contributed by atoms with van der Waals surface area (Å²) in [5.74, 6) is 0.114. The number of nitrogens with zero attached hydrogens (tertiary/aromatic N) is 6. The van der Waals surface area contributed by atoms with Crippen LogP contribution in [0.25, 0.3) is 16.7 Å². The summed E-state index contributed by atoms with van der Waals surface area (Å²) >= 11 is 0. The molecular weight excluding hydrogens is 495 g/mol. The first-order valence-corrected chi connectivity index (χ1v) is 13.4. The van der Waals surface area contributed by atoms with Crippen LogP contribution >= 0.6 is 0 Å². The summed E-state index contributed by atoms with van der Waals surface area (Å²) in [5, 5.41) is 3.87. The van der Waals surface area contributed by atoms with Gasteiger partial charge in [-0.3, -0.25) is 9.69 Å². The summed E-state index contributed by atoms with van der Waals surface area (Å²) in [5.41, 5.74) is 8.00. The predicted octanol–water partition coefficient (Wildman–Crippen LogP) is 3.62. The maximum atomic E-state index is 15.2. The van der Waals surface area contributed by atoms with E-state index >= 15 is 4.39 Å². The summed E-state index contributed by atoms with van der Waals surface area (Å²) in [4.78, 5) is 28.0. The SMILES string of the molecule is CN1CCC(N2CCN(c3ccc(Nc4nccc(-n5cc(C(N)=O)c6ccccc65)n4)cc3F)CC2)CC1. The number of aromatic nitrogens is 3. The second kappa shape index (κ2) is 10.6. The van der Waals surface area contributed by atoms with Gasteiger partial charge in [0.2, 0.25) is 5.95 Å². The zero-order chi connectivity index (χ0) is 26.9. The number of hydrogen-bond acceptors (Lipinski definition) is 7. The number of nitrogens with one attached hydrogen (secondary N) is 1.